The van der Waals surface area contributed by atoms with E-state index in [0.29, 0.717) is 13.1 Å². The molecule has 2 aromatic heterocycles. The van der Waals surface area contributed by atoms with E-state index in [-0.39, 0.29) is 17.5 Å². The lowest BCUT2D eigenvalue weighted by atomic mass is 9.75. The zero-order valence-corrected chi connectivity index (χ0v) is 13.9. The van der Waals surface area contributed by atoms with E-state index in [9.17, 15) is 4.79 Å². The first-order chi connectivity index (χ1) is 10.9. The van der Waals surface area contributed by atoms with Crippen LogP contribution in [0.5, 0.6) is 0 Å². The Balaban J connectivity index is 1.59. The van der Waals surface area contributed by atoms with Crippen LogP contribution in [0.4, 0.5) is 4.79 Å². The van der Waals surface area contributed by atoms with E-state index in [4.69, 9.17) is 4.42 Å². The van der Waals surface area contributed by atoms with E-state index in [2.05, 4.69) is 29.5 Å². The van der Waals surface area contributed by atoms with Gasteiger partial charge in [0.2, 0.25) is 0 Å². The van der Waals surface area contributed by atoms with Crippen LogP contribution in [0, 0.1) is 12.3 Å². The molecule has 0 saturated carbocycles. The first-order valence-corrected chi connectivity index (χ1v) is 8.02. The van der Waals surface area contributed by atoms with E-state index < -0.39 is 0 Å². The Morgan fingerprint density at radius 3 is 3.09 bits per heavy atom. The maximum Gasteiger partial charge on any atom is 0.315 e. The highest BCUT2D eigenvalue weighted by molar-refractivity contribution is 5.74. The second-order valence-corrected chi connectivity index (χ2v) is 7.03. The summed E-state index contributed by atoms with van der Waals surface area (Å²) in [6, 6.07) is 1.90. The smallest absolute Gasteiger partial charge is 0.315 e. The number of hydrogen-bond donors (Lipinski definition) is 2. The third-order valence-electron chi connectivity index (χ3n) is 4.26. The van der Waals surface area contributed by atoms with Crippen molar-refractivity contribution in [3.8, 4) is 0 Å². The molecule has 0 bridgehead atoms. The van der Waals surface area contributed by atoms with Gasteiger partial charge < -0.3 is 19.6 Å². The first kappa shape index (κ1) is 15.6. The van der Waals surface area contributed by atoms with Crippen LogP contribution < -0.4 is 10.6 Å². The molecular formula is C17H24N4O2. The SMILES string of the molecule is Cc1cc2c(o1)CC(C)(C)C[C@H]2NC(=O)NCCn1ccnc1. The predicted molar refractivity (Wildman–Crippen MR) is 87.0 cm³/mol. The highest BCUT2D eigenvalue weighted by Crippen LogP contribution is 2.41. The quantitative estimate of drug-likeness (QED) is 0.911. The average Bonchev–Trinajstić information content (AvgIpc) is 3.06. The van der Waals surface area contributed by atoms with Gasteiger partial charge in [0, 0.05) is 37.5 Å². The summed E-state index contributed by atoms with van der Waals surface area (Å²) in [5.74, 6) is 1.91. The number of imidazole rings is 1. The van der Waals surface area contributed by atoms with Gasteiger partial charge in [0.15, 0.2) is 0 Å². The van der Waals surface area contributed by atoms with Crippen molar-refractivity contribution in [2.45, 2.75) is 46.2 Å². The highest BCUT2D eigenvalue weighted by Gasteiger charge is 2.35. The third-order valence-corrected chi connectivity index (χ3v) is 4.26. The Bertz CT molecular complexity index is 673. The van der Waals surface area contributed by atoms with Gasteiger partial charge in [-0.1, -0.05) is 13.8 Å². The lowest BCUT2D eigenvalue weighted by molar-refractivity contribution is 0.214. The summed E-state index contributed by atoms with van der Waals surface area (Å²) >= 11 is 0. The molecule has 1 atom stereocenters. The van der Waals surface area contributed by atoms with Crippen LogP contribution in [0.15, 0.2) is 29.2 Å². The highest BCUT2D eigenvalue weighted by atomic mass is 16.3. The Kier molecular flexibility index (Phi) is 4.15. The van der Waals surface area contributed by atoms with Crippen LogP contribution in [0.2, 0.25) is 0 Å². The molecule has 2 N–H and O–H groups in total. The van der Waals surface area contributed by atoms with E-state index >= 15 is 0 Å². The minimum atomic E-state index is -0.141. The summed E-state index contributed by atoms with van der Waals surface area (Å²) < 4.78 is 7.73. The van der Waals surface area contributed by atoms with Crippen molar-refractivity contribution in [1.29, 1.82) is 0 Å². The molecule has 0 aliphatic heterocycles. The van der Waals surface area contributed by atoms with E-state index in [1.165, 1.54) is 0 Å². The number of furan rings is 1. The Hall–Kier alpha value is -2.24. The summed E-state index contributed by atoms with van der Waals surface area (Å²) in [6.45, 7) is 7.64. The van der Waals surface area contributed by atoms with Crippen LogP contribution >= 0.6 is 0 Å². The average molecular weight is 316 g/mol. The van der Waals surface area contributed by atoms with Crippen molar-refractivity contribution >= 4 is 6.03 Å². The molecule has 0 aromatic carbocycles. The van der Waals surface area contributed by atoms with Crippen LogP contribution in [0.3, 0.4) is 0 Å². The Morgan fingerprint density at radius 1 is 1.52 bits per heavy atom. The number of rotatable bonds is 4. The monoisotopic (exact) mass is 316 g/mol. The van der Waals surface area contributed by atoms with Crippen molar-refractivity contribution in [1.82, 2.24) is 20.2 Å². The standard InChI is InChI=1S/C17H24N4O2/c1-12-8-13-14(9-17(2,3)10-15(13)23-12)20-16(22)19-5-7-21-6-4-18-11-21/h4,6,8,11,14H,5,7,9-10H2,1-3H3,(H2,19,20,22)/t14-/m1/s1. The number of amides is 2. The van der Waals surface area contributed by atoms with Gasteiger partial charge in [-0.05, 0) is 24.8 Å². The zero-order chi connectivity index (χ0) is 16.4. The van der Waals surface area contributed by atoms with Gasteiger partial charge in [0.25, 0.3) is 0 Å². The minimum Gasteiger partial charge on any atom is -0.466 e. The van der Waals surface area contributed by atoms with Crippen molar-refractivity contribution in [2.75, 3.05) is 6.54 Å². The molecular weight excluding hydrogens is 292 g/mol. The number of aryl methyl sites for hydroxylation is 1. The molecule has 0 saturated heterocycles. The fraction of sp³-hybridized carbons (Fsp3) is 0.529. The van der Waals surface area contributed by atoms with Gasteiger partial charge in [-0.2, -0.15) is 0 Å². The second kappa shape index (κ2) is 6.10. The molecule has 6 heteroatoms. The van der Waals surface area contributed by atoms with E-state index in [0.717, 1.165) is 29.9 Å². The van der Waals surface area contributed by atoms with Gasteiger partial charge in [0.05, 0.1) is 12.4 Å². The number of aromatic nitrogens is 2. The molecule has 0 fully saturated rings. The topological polar surface area (TPSA) is 72.1 Å². The van der Waals surface area contributed by atoms with E-state index in [1.807, 2.05) is 23.8 Å². The number of hydrogen-bond acceptors (Lipinski definition) is 3. The largest absolute Gasteiger partial charge is 0.466 e. The molecule has 2 amide bonds. The number of fused-ring (bicyclic) bond motifs is 1. The van der Waals surface area contributed by atoms with Crippen LogP contribution in [-0.4, -0.2) is 22.1 Å². The summed E-state index contributed by atoms with van der Waals surface area (Å²) in [7, 11) is 0. The van der Waals surface area contributed by atoms with Gasteiger partial charge in [-0.15, -0.1) is 0 Å². The maximum atomic E-state index is 12.2. The maximum absolute atomic E-state index is 12.2. The summed E-state index contributed by atoms with van der Waals surface area (Å²) in [5, 5.41) is 5.99. The first-order valence-electron chi connectivity index (χ1n) is 8.02. The van der Waals surface area contributed by atoms with Gasteiger partial charge in [-0.25, -0.2) is 9.78 Å². The minimum absolute atomic E-state index is 0.000514. The fourth-order valence-electron chi connectivity index (χ4n) is 3.24. The molecule has 2 heterocycles. The number of nitrogens with zero attached hydrogens (tertiary/aromatic N) is 2. The normalized spacial score (nSPS) is 19.2. The molecule has 3 rings (SSSR count). The lowest BCUT2D eigenvalue weighted by Crippen LogP contribution is -2.42. The summed E-state index contributed by atoms with van der Waals surface area (Å²) in [5.41, 5.74) is 1.23. The van der Waals surface area contributed by atoms with Gasteiger partial charge in [0.1, 0.15) is 11.5 Å². The Morgan fingerprint density at radius 2 is 2.35 bits per heavy atom. The van der Waals surface area contributed by atoms with E-state index in [1.54, 1.807) is 12.5 Å². The van der Waals surface area contributed by atoms with Crippen molar-refractivity contribution < 1.29 is 9.21 Å². The summed E-state index contributed by atoms with van der Waals surface area (Å²) in [6.07, 6.45) is 7.17. The fourth-order valence-corrected chi connectivity index (χ4v) is 3.24. The number of carbonyl (C=O) groups excluding carboxylic acids is 1. The van der Waals surface area contributed by atoms with Crippen molar-refractivity contribution in [3.05, 3.63) is 41.9 Å². The van der Waals surface area contributed by atoms with Crippen LogP contribution in [0.1, 0.15) is 43.4 Å². The van der Waals surface area contributed by atoms with Crippen molar-refractivity contribution in [3.63, 3.8) is 0 Å². The molecule has 124 valence electrons. The van der Waals surface area contributed by atoms with Gasteiger partial charge >= 0.3 is 6.03 Å². The lowest BCUT2D eigenvalue weighted by Gasteiger charge is -2.34. The number of carbonyl (C=O) groups is 1. The van der Waals surface area contributed by atoms with Crippen molar-refractivity contribution in [2.24, 2.45) is 5.41 Å². The molecule has 23 heavy (non-hydrogen) atoms. The molecule has 1 aliphatic carbocycles. The summed E-state index contributed by atoms with van der Waals surface area (Å²) in [4.78, 5) is 16.2. The third kappa shape index (κ3) is 3.75. The second-order valence-electron chi connectivity index (χ2n) is 7.03. The van der Waals surface area contributed by atoms with Gasteiger partial charge in [-0.3, -0.25) is 0 Å². The molecule has 2 aromatic rings. The molecule has 0 unspecified atom stereocenters. The van der Waals surface area contributed by atoms with Crippen LogP contribution in [-0.2, 0) is 13.0 Å². The number of nitrogens with one attached hydrogen (secondary N) is 2. The molecule has 6 nitrogen and oxygen atoms in total. The Labute approximate surface area is 136 Å². The molecule has 0 spiro atoms. The molecule has 1 aliphatic rings. The number of urea groups is 1. The van der Waals surface area contributed by atoms with Crippen LogP contribution in [0.25, 0.3) is 0 Å². The molecule has 0 radical (unpaired) electrons. The zero-order valence-electron chi connectivity index (χ0n) is 13.9. The predicted octanol–water partition coefficient (Wildman–Crippen LogP) is 2.80.